The van der Waals surface area contributed by atoms with E-state index < -0.39 is 33.5 Å². The number of carbonyl (C=O) groups is 3. The number of hydrogen-bond donors (Lipinski definition) is 1. The molecule has 0 spiro atoms. The first-order valence-corrected chi connectivity index (χ1v) is 12.6. The Morgan fingerprint density at radius 2 is 1.53 bits per heavy atom. The molecule has 0 bridgehead atoms. The summed E-state index contributed by atoms with van der Waals surface area (Å²) in [5.41, 5.74) is 1.21. The lowest BCUT2D eigenvalue weighted by atomic mass is 10.1. The van der Waals surface area contributed by atoms with Gasteiger partial charge >= 0.3 is 16.1 Å². The third-order valence-corrected chi connectivity index (χ3v) is 7.01. The molecule has 3 aromatic rings. The highest BCUT2D eigenvalue weighted by molar-refractivity contribution is 7.87. The predicted molar refractivity (Wildman–Crippen MR) is 136 cm³/mol. The second kappa shape index (κ2) is 9.77. The van der Waals surface area contributed by atoms with Crippen molar-refractivity contribution in [2.75, 3.05) is 4.90 Å². The van der Waals surface area contributed by atoms with Crippen molar-refractivity contribution < 1.29 is 27.0 Å². The molecule has 0 atom stereocenters. The molecule has 1 saturated heterocycles. The average molecular weight is 545 g/mol. The van der Waals surface area contributed by atoms with E-state index in [4.69, 9.17) is 27.4 Å². The van der Waals surface area contributed by atoms with Gasteiger partial charge in [0.05, 0.1) is 5.69 Å². The maximum atomic E-state index is 13.3. The van der Waals surface area contributed by atoms with E-state index in [1.165, 1.54) is 36.4 Å². The van der Waals surface area contributed by atoms with E-state index in [9.17, 15) is 22.8 Å². The van der Waals surface area contributed by atoms with Gasteiger partial charge in [0.25, 0.3) is 11.8 Å². The molecule has 0 unspecified atom stereocenters. The number of halogens is 2. The maximum absolute atomic E-state index is 13.3. The van der Waals surface area contributed by atoms with Crippen molar-refractivity contribution in [1.29, 1.82) is 0 Å². The lowest BCUT2D eigenvalue weighted by Crippen LogP contribution is -2.54. The van der Waals surface area contributed by atoms with Crippen LogP contribution in [-0.2, 0) is 19.7 Å². The highest BCUT2D eigenvalue weighted by Gasteiger charge is 2.37. The molecule has 1 aliphatic rings. The number of benzene rings is 3. The minimum absolute atomic E-state index is 0.0359. The Hall–Kier alpha value is -3.66. The van der Waals surface area contributed by atoms with Gasteiger partial charge in [0.1, 0.15) is 16.2 Å². The van der Waals surface area contributed by atoms with E-state index in [0.29, 0.717) is 5.56 Å². The van der Waals surface area contributed by atoms with E-state index in [1.807, 2.05) is 6.92 Å². The topological polar surface area (TPSA) is 110 Å². The minimum Gasteiger partial charge on any atom is -0.378 e. The van der Waals surface area contributed by atoms with Crippen LogP contribution in [0.1, 0.15) is 16.7 Å². The number of barbiturate groups is 1. The third kappa shape index (κ3) is 5.13. The Morgan fingerprint density at radius 1 is 0.889 bits per heavy atom. The summed E-state index contributed by atoms with van der Waals surface area (Å²) in [6.07, 6.45) is 1.11. The first-order valence-electron chi connectivity index (χ1n) is 10.4. The van der Waals surface area contributed by atoms with Crippen LogP contribution >= 0.6 is 23.2 Å². The van der Waals surface area contributed by atoms with Gasteiger partial charge in [-0.2, -0.15) is 8.42 Å². The average Bonchev–Trinajstić information content (AvgIpc) is 2.80. The molecule has 184 valence electrons. The fourth-order valence-corrected chi connectivity index (χ4v) is 4.74. The first kappa shape index (κ1) is 25.4. The summed E-state index contributed by atoms with van der Waals surface area (Å²) < 4.78 is 31.0. The number of amides is 4. The van der Waals surface area contributed by atoms with E-state index >= 15 is 0 Å². The van der Waals surface area contributed by atoms with Crippen LogP contribution < -0.4 is 14.4 Å². The van der Waals surface area contributed by atoms with Gasteiger partial charge in [-0.05, 0) is 68.0 Å². The zero-order valence-electron chi connectivity index (χ0n) is 18.9. The molecule has 4 amide bonds. The van der Waals surface area contributed by atoms with Crippen molar-refractivity contribution in [2.24, 2.45) is 0 Å². The van der Waals surface area contributed by atoms with Crippen LogP contribution in [0.15, 0.2) is 71.1 Å². The molecule has 4 rings (SSSR count). The number of anilines is 1. The maximum Gasteiger partial charge on any atom is 0.339 e. The number of imide groups is 2. The van der Waals surface area contributed by atoms with E-state index in [2.05, 4.69) is 5.32 Å². The number of urea groups is 1. The highest BCUT2D eigenvalue weighted by Crippen LogP contribution is 2.31. The van der Waals surface area contributed by atoms with Gasteiger partial charge in [0, 0.05) is 15.6 Å². The number of carbonyl (C=O) groups excluding carboxylic acids is 3. The van der Waals surface area contributed by atoms with Crippen molar-refractivity contribution in [1.82, 2.24) is 5.32 Å². The summed E-state index contributed by atoms with van der Waals surface area (Å²) in [6, 6.07) is 13.8. The van der Waals surface area contributed by atoms with Gasteiger partial charge in [-0.25, -0.2) is 9.69 Å². The summed E-state index contributed by atoms with van der Waals surface area (Å²) in [5, 5.41) is 2.59. The number of nitrogens with one attached hydrogen (secondary N) is 1. The summed E-state index contributed by atoms with van der Waals surface area (Å²) in [4.78, 5) is 39.2. The normalized spacial score (nSPS) is 15.3. The Bertz CT molecular complexity index is 1550. The second-order valence-corrected chi connectivity index (χ2v) is 10.3. The molecule has 0 saturated carbocycles. The summed E-state index contributed by atoms with van der Waals surface area (Å²) >= 11 is 12.1. The molecule has 11 heteroatoms. The summed E-state index contributed by atoms with van der Waals surface area (Å²) in [5.74, 6) is -2.06. The molecule has 1 heterocycles. The van der Waals surface area contributed by atoms with E-state index in [-0.39, 0.29) is 31.9 Å². The number of rotatable bonds is 5. The Kier molecular flexibility index (Phi) is 6.90. The van der Waals surface area contributed by atoms with Gasteiger partial charge in [-0.15, -0.1) is 0 Å². The lowest BCUT2D eigenvalue weighted by molar-refractivity contribution is -0.122. The monoisotopic (exact) mass is 544 g/mol. The summed E-state index contributed by atoms with van der Waals surface area (Å²) in [7, 11) is -4.24. The van der Waals surface area contributed by atoms with Crippen molar-refractivity contribution in [3.8, 4) is 5.75 Å². The van der Waals surface area contributed by atoms with Crippen molar-refractivity contribution in [3.63, 3.8) is 0 Å². The van der Waals surface area contributed by atoms with Gasteiger partial charge in [0.15, 0.2) is 0 Å². The SMILES string of the molecule is Cc1ccc(S(=O)(=O)Oc2ccc(Cl)cc2/C=C2\C(=O)NC(=O)N(c3cc(Cl)ccc3C)C2=O)cc1. The van der Waals surface area contributed by atoms with Gasteiger partial charge in [0.2, 0.25) is 0 Å². The second-order valence-electron chi connectivity index (χ2n) is 7.92. The van der Waals surface area contributed by atoms with Gasteiger partial charge in [-0.1, -0.05) is 47.0 Å². The molecule has 0 aliphatic carbocycles. The molecule has 0 aromatic heterocycles. The number of aryl methyl sites for hydroxylation is 2. The van der Waals surface area contributed by atoms with Crippen LogP contribution in [0.4, 0.5) is 10.5 Å². The highest BCUT2D eigenvalue weighted by atomic mass is 35.5. The van der Waals surface area contributed by atoms with Crippen LogP contribution in [0.25, 0.3) is 6.08 Å². The van der Waals surface area contributed by atoms with Crippen LogP contribution in [0.2, 0.25) is 10.0 Å². The van der Waals surface area contributed by atoms with E-state index in [1.54, 1.807) is 31.2 Å². The van der Waals surface area contributed by atoms with Gasteiger partial charge < -0.3 is 4.18 Å². The Balaban J connectivity index is 1.77. The van der Waals surface area contributed by atoms with E-state index in [0.717, 1.165) is 16.5 Å². The fourth-order valence-electron chi connectivity index (χ4n) is 3.43. The first-order chi connectivity index (χ1) is 17.0. The van der Waals surface area contributed by atoms with Crippen molar-refractivity contribution in [3.05, 3.63) is 93.0 Å². The van der Waals surface area contributed by atoms with Crippen molar-refractivity contribution in [2.45, 2.75) is 18.7 Å². The molecule has 8 nitrogen and oxygen atoms in total. The minimum atomic E-state index is -4.24. The molecule has 0 radical (unpaired) electrons. The van der Waals surface area contributed by atoms with Crippen LogP contribution in [-0.4, -0.2) is 26.3 Å². The molecule has 1 fully saturated rings. The number of nitrogens with zero attached hydrogens (tertiary/aromatic N) is 1. The largest absolute Gasteiger partial charge is 0.378 e. The third-order valence-electron chi connectivity index (χ3n) is 5.29. The summed E-state index contributed by atoms with van der Waals surface area (Å²) in [6.45, 7) is 3.48. The number of hydrogen-bond acceptors (Lipinski definition) is 6. The van der Waals surface area contributed by atoms with Crippen LogP contribution in [0, 0.1) is 13.8 Å². The lowest BCUT2D eigenvalue weighted by Gasteiger charge is -2.27. The molecular weight excluding hydrogens is 527 g/mol. The molecular formula is C25H18Cl2N2O6S. The van der Waals surface area contributed by atoms with Crippen LogP contribution in [0.3, 0.4) is 0 Å². The zero-order chi connectivity index (χ0) is 26.2. The Labute approximate surface area is 217 Å². The quantitative estimate of drug-likeness (QED) is 0.273. The predicted octanol–water partition coefficient (Wildman–Crippen LogP) is 5.04. The smallest absolute Gasteiger partial charge is 0.339 e. The van der Waals surface area contributed by atoms with Crippen molar-refractivity contribution >= 4 is 62.9 Å². The molecule has 3 aromatic carbocycles. The standard InChI is InChI=1S/C25H18Cl2N2O6S/c1-14-3-8-19(9-4-14)36(33,34)35-22-10-7-17(26)11-16(22)12-20-23(30)28-25(32)29(24(20)31)21-13-18(27)6-5-15(21)2/h3-13H,1-2H3,(H,28,30,32)/b20-12+. The fraction of sp³-hybridized carbons (Fsp3) is 0.0800. The van der Waals surface area contributed by atoms with Crippen LogP contribution in [0.5, 0.6) is 5.75 Å². The van der Waals surface area contributed by atoms with Gasteiger partial charge in [-0.3, -0.25) is 14.9 Å². The Morgan fingerprint density at radius 3 is 2.22 bits per heavy atom. The molecule has 36 heavy (non-hydrogen) atoms. The zero-order valence-corrected chi connectivity index (χ0v) is 21.2. The molecule has 1 N–H and O–H groups in total. The molecule has 1 aliphatic heterocycles.